The van der Waals surface area contributed by atoms with Crippen molar-refractivity contribution < 1.29 is 13.2 Å². The molecule has 2 aromatic heterocycles. The number of pyridine rings is 2. The van der Waals surface area contributed by atoms with Gasteiger partial charge in [-0.15, -0.1) is 0 Å². The highest BCUT2D eigenvalue weighted by atomic mass is 19.4. The molecule has 22 heavy (non-hydrogen) atoms. The van der Waals surface area contributed by atoms with Gasteiger partial charge in [-0.3, -0.25) is 4.98 Å². The molecule has 2 aromatic rings. The SMILES string of the molecule is Cc1c(C(F)(F)F)ncc(-c2ccnc(C#N)c2)c1C(C)C. The minimum atomic E-state index is -4.48. The van der Waals surface area contributed by atoms with Crippen molar-refractivity contribution in [2.24, 2.45) is 0 Å². The van der Waals surface area contributed by atoms with Gasteiger partial charge in [0.05, 0.1) is 0 Å². The van der Waals surface area contributed by atoms with Crippen LogP contribution in [0.1, 0.15) is 42.3 Å². The average Bonchev–Trinajstić information content (AvgIpc) is 2.45. The Kier molecular flexibility index (Phi) is 4.18. The number of halogens is 3. The van der Waals surface area contributed by atoms with E-state index in [1.165, 1.54) is 19.3 Å². The van der Waals surface area contributed by atoms with Gasteiger partial charge in [0.15, 0.2) is 0 Å². The maximum Gasteiger partial charge on any atom is 0.433 e. The summed E-state index contributed by atoms with van der Waals surface area (Å²) in [5.41, 5.74) is 1.28. The lowest BCUT2D eigenvalue weighted by atomic mass is 9.89. The van der Waals surface area contributed by atoms with Crippen molar-refractivity contribution in [1.82, 2.24) is 9.97 Å². The van der Waals surface area contributed by atoms with Crippen LogP contribution in [-0.2, 0) is 6.18 Å². The van der Waals surface area contributed by atoms with Crippen molar-refractivity contribution in [1.29, 1.82) is 5.26 Å². The van der Waals surface area contributed by atoms with Gasteiger partial charge in [0.2, 0.25) is 0 Å². The molecule has 114 valence electrons. The quantitative estimate of drug-likeness (QED) is 0.822. The Bertz CT molecular complexity index is 743. The molecule has 0 aromatic carbocycles. The molecular formula is C16H14F3N3. The molecule has 6 heteroatoms. The van der Waals surface area contributed by atoms with Crippen molar-refractivity contribution in [3.63, 3.8) is 0 Å². The fourth-order valence-electron chi connectivity index (χ4n) is 2.54. The molecule has 2 rings (SSSR count). The lowest BCUT2D eigenvalue weighted by Gasteiger charge is -2.19. The van der Waals surface area contributed by atoms with E-state index in [1.807, 2.05) is 19.9 Å². The molecule has 0 bridgehead atoms. The minimum absolute atomic E-state index is 0.113. The van der Waals surface area contributed by atoms with Gasteiger partial charge in [0.25, 0.3) is 0 Å². The van der Waals surface area contributed by atoms with E-state index in [4.69, 9.17) is 5.26 Å². The van der Waals surface area contributed by atoms with Gasteiger partial charge >= 0.3 is 6.18 Å². The van der Waals surface area contributed by atoms with Crippen LogP contribution in [0.3, 0.4) is 0 Å². The highest BCUT2D eigenvalue weighted by Gasteiger charge is 2.36. The lowest BCUT2D eigenvalue weighted by molar-refractivity contribution is -0.141. The smallest absolute Gasteiger partial charge is 0.251 e. The van der Waals surface area contributed by atoms with Crippen molar-refractivity contribution in [2.45, 2.75) is 32.9 Å². The molecular weight excluding hydrogens is 291 g/mol. The molecule has 0 saturated carbocycles. The lowest BCUT2D eigenvalue weighted by Crippen LogP contribution is -2.13. The molecule has 0 unspecified atom stereocenters. The molecule has 2 heterocycles. The Morgan fingerprint density at radius 2 is 1.91 bits per heavy atom. The summed E-state index contributed by atoms with van der Waals surface area (Å²) in [6, 6.07) is 5.14. The number of aromatic nitrogens is 2. The van der Waals surface area contributed by atoms with Crippen molar-refractivity contribution in [2.75, 3.05) is 0 Å². The summed E-state index contributed by atoms with van der Waals surface area (Å²) in [7, 11) is 0. The molecule has 3 nitrogen and oxygen atoms in total. The number of nitriles is 1. The molecule has 0 aliphatic carbocycles. The Balaban J connectivity index is 2.72. The van der Waals surface area contributed by atoms with Crippen molar-refractivity contribution >= 4 is 0 Å². The molecule has 0 spiro atoms. The third-order valence-electron chi connectivity index (χ3n) is 3.40. The Labute approximate surface area is 126 Å². The molecule has 0 amide bonds. The van der Waals surface area contributed by atoms with Crippen LogP contribution < -0.4 is 0 Å². The fraction of sp³-hybridized carbons (Fsp3) is 0.312. The second-order valence-electron chi connectivity index (χ2n) is 5.25. The summed E-state index contributed by atoms with van der Waals surface area (Å²) in [5.74, 6) is -0.113. The van der Waals surface area contributed by atoms with Crippen LogP contribution in [0.25, 0.3) is 11.1 Å². The average molecular weight is 305 g/mol. The van der Waals surface area contributed by atoms with Crippen LogP contribution in [0.4, 0.5) is 13.2 Å². The zero-order valence-corrected chi connectivity index (χ0v) is 12.4. The predicted molar refractivity (Wildman–Crippen MR) is 76.0 cm³/mol. The van der Waals surface area contributed by atoms with Gasteiger partial charge in [-0.2, -0.15) is 18.4 Å². The predicted octanol–water partition coefficient (Wildman–Crippen LogP) is 4.47. The molecule has 0 atom stereocenters. The molecule has 0 fully saturated rings. The van der Waals surface area contributed by atoms with Crippen LogP contribution in [0.2, 0.25) is 0 Å². The summed E-state index contributed by atoms with van der Waals surface area (Å²) in [6.07, 6.45) is -1.80. The molecule has 0 aliphatic rings. The summed E-state index contributed by atoms with van der Waals surface area (Å²) in [5, 5.41) is 8.92. The van der Waals surface area contributed by atoms with Crippen LogP contribution in [0, 0.1) is 18.3 Å². The largest absolute Gasteiger partial charge is 0.433 e. The monoisotopic (exact) mass is 305 g/mol. The third-order valence-corrected chi connectivity index (χ3v) is 3.40. The van der Waals surface area contributed by atoms with E-state index in [0.29, 0.717) is 16.7 Å². The van der Waals surface area contributed by atoms with E-state index in [0.717, 1.165) is 0 Å². The number of nitrogens with zero attached hydrogens (tertiary/aromatic N) is 3. The van der Waals surface area contributed by atoms with Gasteiger partial charge in [-0.25, -0.2) is 4.98 Å². The number of alkyl halides is 3. The van der Waals surface area contributed by atoms with Crippen LogP contribution in [0.15, 0.2) is 24.5 Å². The second-order valence-corrected chi connectivity index (χ2v) is 5.25. The Hall–Kier alpha value is -2.42. The molecule has 0 aliphatic heterocycles. The summed E-state index contributed by atoms with van der Waals surface area (Å²) in [4.78, 5) is 7.47. The Morgan fingerprint density at radius 3 is 2.45 bits per heavy atom. The highest BCUT2D eigenvalue weighted by Crippen LogP contribution is 2.38. The topological polar surface area (TPSA) is 49.6 Å². The van der Waals surface area contributed by atoms with Gasteiger partial charge < -0.3 is 0 Å². The van der Waals surface area contributed by atoms with E-state index in [9.17, 15) is 13.2 Å². The standard InChI is InChI=1S/C16H14F3N3/c1-9(2)14-10(3)15(16(17,18)19)22-8-13(14)11-4-5-21-12(6-11)7-20/h4-6,8-9H,1-3H3. The maximum absolute atomic E-state index is 13.0. The fourth-order valence-corrected chi connectivity index (χ4v) is 2.54. The first-order valence-electron chi connectivity index (χ1n) is 6.69. The van der Waals surface area contributed by atoms with Crippen LogP contribution >= 0.6 is 0 Å². The first-order chi connectivity index (χ1) is 10.3. The van der Waals surface area contributed by atoms with E-state index in [2.05, 4.69) is 9.97 Å². The molecule has 0 radical (unpaired) electrons. The normalized spacial score (nSPS) is 11.5. The zero-order valence-electron chi connectivity index (χ0n) is 12.4. The first kappa shape index (κ1) is 16.0. The number of hydrogen-bond donors (Lipinski definition) is 0. The van der Waals surface area contributed by atoms with Crippen LogP contribution in [-0.4, -0.2) is 9.97 Å². The third kappa shape index (κ3) is 2.93. The molecule has 0 N–H and O–H groups in total. The number of hydrogen-bond acceptors (Lipinski definition) is 3. The summed E-state index contributed by atoms with van der Waals surface area (Å²) < 4.78 is 39.1. The van der Waals surface area contributed by atoms with Crippen molar-refractivity contribution in [3.8, 4) is 17.2 Å². The first-order valence-corrected chi connectivity index (χ1v) is 6.69. The number of rotatable bonds is 2. The van der Waals surface area contributed by atoms with Gasteiger partial charge in [-0.1, -0.05) is 13.8 Å². The van der Waals surface area contributed by atoms with Gasteiger partial charge in [0, 0.05) is 18.0 Å². The summed E-state index contributed by atoms with van der Waals surface area (Å²) in [6.45, 7) is 5.10. The second kappa shape index (κ2) is 5.76. The minimum Gasteiger partial charge on any atom is -0.251 e. The van der Waals surface area contributed by atoms with Crippen molar-refractivity contribution in [3.05, 3.63) is 47.0 Å². The van der Waals surface area contributed by atoms with E-state index in [-0.39, 0.29) is 17.2 Å². The zero-order chi connectivity index (χ0) is 16.5. The van der Waals surface area contributed by atoms with Crippen LogP contribution in [0.5, 0.6) is 0 Å². The van der Waals surface area contributed by atoms with Gasteiger partial charge in [-0.05, 0) is 41.7 Å². The maximum atomic E-state index is 13.0. The molecule has 0 saturated heterocycles. The highest BCUT2D eigenvalue weighted by molar-refractivity contribution is 5.69. The van der Waals surface area contributed by atoms with Gasteiger partial charge in [0.1, 0.15) is 17.5 Å². The van der Waals surface area contributed by atoms with E-state index >= 15 is 0 Å². The summed E-state index contributed by atoms with van der Waals surface area (Å²) >= 11 is 0. The Morgan fingerprint density at radius 1 is 1.23 bits per heavy atom. The van der Waals surface area contributed by atoms with E-state index < -0.39 is 11.9 Å². The van der Waals surface area contributed by atoms with E-state index in [1.54, 1.807) is 12.1 Å².